The Balaban J connectivity index is 2.08. The van der Waals surface area contributed by atoms with Gasteiger partial charge in [-0.1, -0.05) is 28.1 Å². The van der Waals surface area contributed by atoms with E-state index in [4.69, 9.17) is 4.74 Å². The molecule has 0 saturated heterocycles. The fourth-order valence-electron chi connectivity index (χ4n) is 1.97. The molecule has 0 N–H and O–H groups in total. The molecule has 0 saturated carbocycles. The topological polar surface area (TPSA) is 77.5 Å². The number of carbonyl (C=O) groups is 2. The van der Waals surface area contributed by atoms with Crippen molar-refractivity contribution in [3.63, 3.8) is 0 Å². The lowest BCUT2D eigenvalue weighted by atomic mass is 10.1. The third-order valence-electron chi connectivity index (χ3n) is 3.30. The van der Waals surface area contributed by atoms with E-state index in [1.807, 2.05) is 0 Å². The molecule has 2 rings (SSSR count). The summed E-state index contributed by atoms with van der Waals surface area (Å²) in [6.07, 6.45) is 0.132. The standard InChI is InChI=1S/C17H15BrO5S/c1-11(16(19)12-3-7-14(18)8-4-12)23-17(20)13-5-9-15(10-6-13)24(2,21)22/h3-11H,1-2H3/t11-/m1/s1. The fraction of sp³-hybridized carbons (Fsp3) is 0.176. The summed E-state index contributed by atoms with van der Waals surface area (Å²) in [5, 5.41) is 0. The van der Waals surface area contributed by atoms with Gasteiger partial charge in [-0.3, -0.25) is 4.79 Å². The maximum absolute atomic E-state index is 12.2. The highest BCUT2D eigenvalue weighted by molar-refractivity contribution is 9.10. The van der Waals surface area contributed by atoms with Gasteiger partial charge in [0.1, 0.15) is 0 Å². The molecule has 0 unspecified atom stereocenters. The lowest BCUT2D eigenvalue weighted by Crippen LogP contribution is -2.24. The van der Waals surface area contributed by atoms with Crippen molar-refractivity contribution in [1.82, 2.24) is 0 Å². The number of rotatable bonds is 5. The first-order valence-corrected chi connectivity index (χ1v) is 9.68. The van der Waals surface area contributed by atoms with Crippen LogP contribution in [0.4, 0.5) is 0 Å². The molecule has 0 spiro atoms. The molecule has 24 heavy (non-hydrogen) atoms. The predicted octanol–water partition coefficient (Wildman–Crippen LogP) is 3.28. The van der Waals surface area contributed by atoms with Gasteiger partial charge in [0, 0.05) is 16.3 Å². The van der Waals surface area contributed by atoms with Crippen LogP contribution in [-0.4, -0.2) is 32.5 Å². The number of benzene rings is 2. The van der Waals surface area contributed by atoms with Gasteiger partial charge in [-0.15, -0.1) is 0 Å². The molecule has 5 nitrogen and oxygen atoms in total. The van der Waals surface area contributed by atoms with Crippen LogP contribution in [0.25, 0.3) is 0 Å². The summed E-state index contributed by atoms with van der Waals surface area (Å²) in [6, 6.07) is 12.1. The van der Waals surface area contributed by atoms with Crippen LogP contribution < -0.4 is 0 Å². The molecule has 1 atom stereocenters. The van der Waals surface area contributed by atoms with Crippen molar-refractivity contribution in [1.29, 1.82) is 0 Å². The van der Waals surface area contributed by atoms with Gasteiger partial charge in [0.15, 0.2) is 15.9 Å². The van der Waals surface area contributed by atoms with Crippen LogP contribution in [0.1, 0.15) is 27.6 Å². The van der Waals surface area contributed by atoms with Gasteiger partial charge in [0.2, 0.25) is 5.78 Å². The van der Waals surface area contributed by atoms with Crippen LogP contribution in [0, 0.1) is 0 Å². The van der Waals surface area contributed by atoms with Crippen molar-refractivity contribution in [2.24, 2.45) is 0 Å². The van der Waals surface area contributed by atoms with E-state index < -0.39 is 21.9 Å². The van der Waals surface area contributed by atoms with E-state index >= 15 is 0 Å². The highest BCUT2D eigenvalue weighted by Gasteiger charge is 2.20. The van der Waals surface area contributed by atoms with Crippen molar-refractivity contribution in [2.45, 2.75) is 17.9 Å². The lowest BCUT2D eigenvalue weighted by molar-refractivity contribution is 0.0318. The minimum atomic E-state index is -3.33. The third kappa shape index (κ3) is 4.52. The van der Waals surface area contributed by atoms with Crippen molar-refractivity contribution in [2.75, 3.05) is 6.26 Å². The SMILES string of the molecule is C[C@@H](OC(=O)c1ccc(S(C)(=O)=O)cc1)C(=O)c1ccc(Br)cc1. The second kappa shape index (κ2) is 7.27. The van der Waals surface area contributed by atoms with Crippen LogP contribution in [0.3, 0.4) is 0 Å². The Morgan fingerprint density at radius 3 is 1.96 bits per heavy atom. The van der Waals surface area contributed by atoms with Crippen molar-refractivity contribution >= 4 is 37.5 Å². The molecular formula is C17H15BrO5S. The predicted molar refractivity (Wildman–Crippen MR) is 92.9 cm³/mol. The van der Waals surface area contributed by atoms with E-state index in [0.29, 0.717) is 5.56 Å². The number of esters is 1. The van der Waals surface area contributed by atoms with Gasteiger partial charge in [-0.05, 0) is 43.3 Å². The van der Waals surface area contributed by atoms with E-state index in [2.05, 4.69) is 15.9 Å². The maximum Gasteiger partial charge on any atom is 0.338 e. The number of carbonyl (C=O) groups excluding carboxylic acids is 2. The molecule has 7 heteroatoms. The summed E-state index contributed by atoms with van der Waals surface area (Å²) < 4.78 is 28.8. The molecule has 0 bridgehead atoms. The van der Waals surface area contributed by atoms with Gasteiger partial charge in [-0.2, -0.15) is 0 Å². The zero-order valence-corrected chi connectivity index (χ0v) is 15.4. The highest BCUT2D eigenvalue weighted by Crippen LogP contribution is 2.15. The monoisotopic (exact) mass is 410 g/mol. The smallest absolute Gasteiger partial charge is 0.338 e. The maximum atomic E-state index is 12.2. The minimum absolute atomic E-state index is 0.109. The number of Topliss-reactive ketones (excluding diaryl/α,β-unsaturated/α-hetero) is 1. The average molecular weight is 411 g/mol. The minimum Gasteiger partial charge on any atom is -0.451 e. The van der Waals surface area contributed by atoms with Crippen LogP contribution in [-0.2, 0) is 14.6 Å². The normalized spacial score (nSPS) is 12.5. The Kier molecular flexibility index (Phi) is 5.56. The molecular weight excluding hydrogens is 396 g/mol. The quantitative estimate of drug-likeness (QED) is 0.558. The molecule has 126 valence electrons. The second-order valence-corrected chi connectivity index (χ2v) is 8.15. The number of ether oxygens (including phenoxy) is 1. The molecule has 0 radical (unpaired) electrons. The molecule has 0 amide bonds. The van der Waals surface area contributed by atoms with E-state index in [-0.39, 0.29) is 16.2 Å². The van der Waals surface area contributed by atoms with Gasteiger partial charge in [-0.25, -0.2) is 13.2 Å². The van der Waals surface area contributed by atoms with Crippen molar-refractivity contribution in [3.8, 4) is 0 Å². The van der Waals surface area contributed by atoms with Crippen LogP contribution >= 0.6 is 15.9 Å². The summed E-state index contributed by atoms with van der Waals surface area (Å²) in [4.78, 5) is 24.4. The third-order valence-corrected chi connectivity index (χ3v) is 4.96. The average Bonchev–Trinajstić information content (AvgIpc) is 2.54. The van der Waals surface area contributed by atoms with Gasteiger partial charge < -0.3 is 4.74 Å². The zero-order chi connectivity index (χ0) is 17.9. The molecule has 0 fully saturated rings. The van der Waals surface area contributed by atoms with E-state index in [0.717, 1.165) is 10.7 Å². The van der Waals surface area contributed by atoms with Crippen LogP contribution in [0.5, 0.6) is 0 Å². The van der Waals surface area contributed by atoms with Gasteiger partial charge in [0.25, 0.3) is 0 Å². The fourth-order valence-corrected chi connectivity index (χ4v) is 2.86. The Morgan fingerprint density at radius 2 is 1.46 bits per heavy atom. The second-order valence-electron chi connectivity index (χ2n) is 5.22. The Labute approximate surface area is 148 Å². The number of hydrogen-bond donors (Lipinski definition) is 0. The van der Waals surface area contributed by atoms with Gasteiger partial charge >= 0.3 is 5.97 Å². The van der Waals surface area contributed by atoms with Crippen molar-refractivity contribution in [3.05, 3.63) is 64.1 Å². The summed E-state index contributed by atoms with van der Waals surface area (Å²) in [6.45, 7) is 1.49. The number of sulfone groups is 1. The first kappa shape index (κ1) is 18.4. The zero-order valence-electron chi connectivity index (χ0n) is 13.0. The first-order valence-electron chi connectivity index (χ1n) is 6.99. The summed E-state index contributed by atoms with van der Waals surface area (Å²) >= 11 is 3.28. The molecule has 2 aromatic carbocycles. The molecule has 0 aliphatic rings. The Bertz CT molecular complexity index is 855. The summed E-state index contributed by atoms with van der Waals surface area (Å²) in [7, 11) is -3.33. The van der Waals surface area contributed by atoms with Crippen LogP contribution in [0.15, 0.2) is 57.9 Å². The van der Waals surface area contributed by atoms with Gasteiger partial charge in [0.05, 0.1) is 10.5 Å². The molecule has 0 aliphatic heterocycles. The highest BCUT2D eigenvalue weighted by atomic mass is 79.9. The van der Waals surface area contributed by atoms with E-state index in [9.17, 15) is 18.0 Å². The number of halogens is 1. The summed E-state index contributed by atoms with van der Waals surface area (Å²) in [5.41, 5.74) is 0.615. The van der Waals surface area contributed by atoms with E-state index in [1.165, 1.54) is 31.2 Å². The van der Waals surface area contributed by atoms with Crippen LogP contribution in [0.2, 0.25) is 0 Å². The first-order chi connectivity index (χ1) is 11.2. The Hall–Kier alpha value is -1.99. The molecule has 0 aliphatic carbocycles. The van der Waals surface area contributed by atoms with Crippen molar-refractivity contribution < 1.29 is 22.7 Å². The largest absolute Gasteiger partial charge is 0.451 e. The Morgan fingerprint density at radius 1 is 0.958 bits per heavy atom. The number of ketones is 1. The van der Waals surface area contributed by atoms with E-state index in [1.54, 1.807) is 24.3 Å². The molecule has 0 heterocycles. The molecule has 2 aromatic rings. The lowest BCUT2D eigenvalue weighted by Gasteiger charge is -2.12. The number of hydrogen-bond acceptors (Lipinski definition) is 5. The molecule has 0 aromatic heterocycles. The summed E-state index contributed by atoms with van der Waals surface area (Å²) in [5.74, 6) is -1.00.